The van der Waals surface area contributed by atoms with Crippen molar-refractivity contribution in [2.24, 2.45) is 0 Å². The van der Waals surface area contributed by atoms with Crippen molar-refractivity contribution in [2.45, 2.75) is 6.85 Å². The molecule has 6 aromatic carbocycles. The van der Waals surface area contributed by atoms with Crippen molar-refractivity contribution >= 4 is 74.1 Å². The minimum Gasteiger partial charge on any atom is -0.292 e. The van der Waals surface area contributed by atoms with Gasteiger partial charge in [-0.3, -0.25) is 4.57 Å². The van der Waals surface area contributed by atoms with Gasteiger partial charge in [0.1, 0.15) is 5.82 Å². The molecule has 3 heterocycles. The van der Waals surface area contributed by atoms with Gasteiger partial charge in [-0.1, -0.05) is 66.2 Å². The zero-order chi connectivity index (χ0) is 30.3. The highest BCUT2D eigenvalue weighted by molar-refractivity contribution is 7.26. The van der Waals surface area contributed by atoms with Crippen molar-refractivity contribution in [3.63, 3.8) is 0 Å². The van der Waals surface area contributed by atoms with E-state index in [0.717, 1.165) is 39.2 Å². The Morgan fingerprint density at radius 3 is 1.98 bits per heavy atom. The molecule has 9 rings (SSSR count). The molecule has 2 nitrogen and oxygen atoms in total. The number of rotatable bonds is 3. The van der Waals surface area contributed by atoms with Gasteiger partial charge < -0.3 is 0 Å². The molecule has 0 aliphatic carbocycles. The topological polar surface area (TPSA) is 17.8 Å². The first-order valence-corrected chi connectivity index (χ1v) is 15.5. The maximum Gasteiger partial charge on any atom is 0.145 e. The molecule has 4 heteroatoms. The number of thiophene rings is 2. The normalized spacial score (nSPS) is 13.3. The van der Waals surface area contributed by atoms with Gasteiger partial charge in [0.2, 0.25) is 0 Å². The first kappa shape index (κ1) is 21.0. The molecule has 0 radical (unpaired) electrons. The molecule has 0 N–H and O–H groups in total. The van der Waals surface area contributed by atoms with Crippen molar-refractivity contribution in [3.05, 3.63) is 133 Å². The van der Waals surface area contributed by atoms with Crippen LogP contribution < -0.4 is 0 Å². The largest absolute Gasteiger partial charge is 0.292 e. The molecule has 0 unspecified atom stereocenters. The highest BCUT2D eigenvalue weighted by Gasteiger charge is 2.17. The van der Waals surface area contributed by atoms with Crippen molar-refractivity contribution < 1.29 is 4.11 Å². The number of hydrogen-bond acceptors (Lipinski definition) is 3. The van der Waals surface area contributed by atoms with Gasteiger partial charge in [0, 0.05) is 55.7 Å². The third kappa shape index (κ3) is 3.66. The molecule has 0 amide bonds. The number of para-hydroxylation sites is 2. The lowest BCUT2D eigenvalue weighted by Crippen LogP contribution is -1.97. The Balaban J connectivity index is 1.22. The number of nitrogens with zero attached hydrogens (tertiary/aromatic N) is 2. The summed E-state index contributed by atoms with van der Waals surface area (Å²) in [5, 5.41) is 4.91. The van der Waals surface area contributed by atoms with Crippen molar-refractivity contribution in [1.82, 2.24) is 9.55 Å². The molecule has 3 aromatic heterocycles. The Bertz CT molecular complexity index is 2590. The van der Waals surface area contributed by atoms with Crippen LogP contribution in [-0.2, 0) is 0 Å². The quantitative estimate of drug-likeness (QED) is 0.205. The van der Waals surface area contributed by atoms with E-state index in [2.05, 4.69) is 102 Å². The van der Waals surface area contributed by atoms with Crippen molar-refractivity contribution in [1.29, 1.82) is 0 Å². The van der Waals surface area contributed by atoms with E-state index >= 15 is 0 Å². The molecule has 0 aliphatic heterocycles. The molecule has 0 bridgehead atoms. The first-order valence-electron chi connectivity index (χ1n) is 15.4. The molecule has 198 valence electrons. The average Bonchev–Trinajstić information content (AvgIpc) is 3.74. The second kappa shape index (κ2) is 9.12. The lowest BCUT2D eigenvalue weighted by Gasteiger charge is -2.10. The molecule has 0 saturated carbocycles. The Labute approximate surface area is 255 Å². The van der Waals surface area contributed by atoms with Gasteiger partial charge in [-0.25, -0.2) is 4.98 Å². The molecular weight excluding hydrogens is 549 g/mol. The van der Waals surface area contributed by atoms with Crippen LogP contribution >= 0.6 is 22.7 Å². The molecule has 9 aromatic rings. The minimum absolute atomic E-state index is 0.354. The Hall–Kier alpha value is -4.77. The van der Waals surface area contributed by atoms with Crippen LogP contribution in [0, 0.1) is 6.85 Å². The van der Waals surface area contributed by atoms with Crippen LogP contribution in [0.25, 0.3) is 79.6 Å². The van der Waals surface area contributed by atoms with E-state index in [1.54, 1.807) is 23.5 Å². The molecule has 0 fully saturated rings. The van der Waals surface area contributed by atoms with Gasteiger partial charge in [-0.05, 0) is 84.7 Å². The van der Waals surface area contributed by atoms with Crippen LogP contribution in [0.5, 0.6) is 0 Å². The zero-order valence-corrected chi connectivity index (χ0v) is 24.0. The third-order valence-electron chi connectivity index (χ3n) is 8.12. The monoisotopic (exact) mass is 575 g/mol. The number of aryl methyl sites for hydroxylation is 1. The second-order valence-corrected chi connectivity index (χ2v) is 12.8. The zero-order valence-electron chi connectivity index (χ0n) is 25.3. The van der Waals surface area contributed by atoms with Gasteiger partial charge in [-0.15, -0.1) is 22.7 Å². The summed E-state index contributed by atoms with van der Waals surface area (Å²) in [6.07, 6.45) is 0. The van der Waals surface area contributed by atoms with E-state index in [1.807, 2.05) is 29.5 Å². The smallest absolute Gasteiger partial charge is 0.145 e. The fraction of sp³-hybridized carbons (Fsp3) is 0.0263. The Morgan fingerprint density at radius 1 is 0.548 bits per heavy atom. The summed E-state index contributed by atoms with van der Waals surface area (Å²) in [7, 11) is 0. The van der Waals surface area contributed by atoms with Crippen molar-refractivity contribution in [2.75, 3.05) is 0 Å². The van der Waals surface area contributed by atoms with Gasteiger partial charge in [0.05, 0.1) is 11.0 Å². The SMILES string of the molecule is [2H]C([2H])([2H])c1ccc(-c2ccc3sc4ccc(-c5nc6ccccc6n5-c5ccc6sc7ccccc7c6c5)cc4c3c2)cc1. The van der Waals surface area contributed by atoms with E-state index < -0.39 is 6.85 Å². The molecule has 0 saturated heterocycles. The number of hydrogen-bond donors (Lipinski definition) is 0. The summed E-state index contributed by atoms with van der Waals surface area (Å²) < 4.78 is 30.4. The van der Waals surface area contributed by atoms with Crippen LogP contribution in [0.15, 0.2) is 127 Å². The summed E-state index contributed by atoms with van der Waals surface area (Å²) in [5.74, 6) is 0.910. The first-order chi connectivity index (χ1) is 21.9. The maximum atomic E-state index is 7.71. The van der Waals surface area contributed by atoms with Crippen molar-refractivity contribution in [3.8, 4) is 28.2 Å². The number of aromatic nitrogens is 2. The fourth-order valence-corrected chi connectivity index (χ4v) is 8.25. The van der Waals surface area contributed by atoms with E-state index in [1.165, 1.54) is 40.3 Å². The van der Waals surface area contributed by atoms with Gasteiger partial charge >= 0.3 is 0 Å². The molecule has 0 aliphatic rings. The highest BCUT2D eigenvalue weighted by Crippen LogP contribution is 2.40. The third-order valence-corrected chi connectivity index (χ3v) is 10.4. The van der Waals surface area contributed by atoms with Gasteiger partial charge in [0.15, 0.2) is 0 Å². The molecular formula is C38H24N2S2. The van der Waals surface area contributed by atoms with E-state index in [0.29, 0.717) is 5.56 Å². The second-order valence-electron chi connectivity index (χ2n) is 10.6. The number of fused-ring (bicyclic) bond motifs is 7. The van der Waals surface area contributed by atoms with Crippen LogP contribution in [0.2, 0.25) is 0 Å². The molecule has 0 spiro atoms. The summed E-state index contributed by atoms with van der Waals surface area (Å²) in [6, 6.07) is 44.1. The summed E-state index contributed by atoms with van der Waals surface area (Å²) in [6.45, 7) is -2.11. The summed E-state index contributed by atoms with van der Waals surface area (Å²) >= 11 is 3.61. The van der Waals surface area contributed by atoms with Crippen LogP contribution in [0.3, 0.4) is 0 Å². The molecule has 0 atom stereocenters. The van der Waals surface area contributed by atoms with Crippen LogP contribution in [-0.4, -0.2) is 9.55 Å². The van der Waals surface area contributed by atoms with E-state index in [9.17, 15) is 0 Å². The van der Waals surface area contributed by atoms with E-state index in [-0.39, 0.29) is 0 Å². The standard InChI is InChI=1S/C38H24N2S2/c1-23-10-12-24(13-11-23)25-14-17-35-29(20-25)30-21-26(15-18-36(30)42-35)38-39-32-7-3-4-8-33(32)40(38)27-16-19-37-31(22-27)28-6-2-5-9-34(28)41-37/h2-22H,1H3/i1D3. The summed E-state index contributed by atoms with van der Waals surface area (Å²) in [4.78, 5) is 5.18. The maximum absolute atomic E-state index is 7.71. The van der Waals surface area contributed by atoms with Gasteiger partial charge in [-0.2, -0.15) is 0 Å². The Morgan fingerprint density at radius 2 is 1.17 bits per heavy atom. The minimum atomic E-state index is -2.11. The highest BCUT2D eigenvalue weighted by atomic mass is 32.1. The van der Waals surface area contributed by atoms with Crippen LogP contribution in [0.4, 0.5) is 0 Å². The number of benzene rings is 6. The number of imidazole rings is 1. The lowest BCUT2D eigenvalue weighted by atomic mass is 10.0. The van der Waals surface area contributed by atoms with Gasteiger partial charge in [0.25, 0.3) is 0 Å². The molecule has 42 heavy (non-hydrogen) atoms. The van der Waals surface area contributed by atoms with Crippen LogP contribution in [0.1, 0.15) is 9.68 Å². The lowest BCUT2D eigenvalue weighted by molar-refractivity contribution is 1.11. The Kier molecular flexibility index (Phi) is 4.56. The predicted molar refractivity (Wildman–Crippen MR) is 182 cm³/mol. The predicted octanol–water partition coefficient (Wildman–Crippen LogP) is 11.4. The summed E-state index contributed by atoms with van der Waals surface area (Å²) in [5.41, 5.74) is 6.60. The fourth-order valence-electron chi connectivity index (χ4n) is 6.09. The average molecular weight is 576 g/mol. The van der Waals surface area contributed by atoms with E-state index in [4.69, 9.17) is 9.10 Å².